The van der Waals surface area contributed by atoms with Crippen molar-refractivity contribution in [2.45, 2.75) is 12.8 Å². The van der Waals surface area contributed by atoms with Gasteiger partial charge in [0.2, 0.25) is 0 Å². The quantitative estimate of drug-likeness (QED) is 0.306. The van der Waals surface area contributed by atoms with Gasteiger partial charge in [-0.05, 0) is 37.3 Å². The molecule has 0 bridgehead atoms. The van der Waals surface area contributed by atoms with E-state index in [1.54, 1.807) is 0 Å². The fourth-order valence-corrected chi connectivity index (χ4v) is 1.12. The van der Waals surface area contributed by atoms with Crippen molar-refractivity contribution in [2.75, 3.05) is 13.1 Å². The van der Waals surface area contributed by atoms with Crippen LogP contribution in [0, 0.1) is 0 Å². The Kier molecular flexibility index (Phi) is 9.43. The average Bonchev–Trinajstić information content (AvgIpc) is 2.24. The molecule has 8 heteroatoms. The monoisotopic (exact) mass is 262 g/mol. The van der Waals surface area contributed by atoms with Gasteiger partial charge in [0.1, 0.15) is 0 Å². The molecular weight excluding hydrogens is 248 g/mol. The van der Waals surface area contributed by atoms with Gasteiger partial charge in [-0.3, -0.25) is 0 Å². The van der Waals surface area contributed by atoms with Crippen molar-refractivity contribution in [1.82, 2.24) is 10.6 Å². The number of rotatable bonds is 7. The lowest BCUT2D eigenvalue weighted by atomic mass is 10.3. The summed E-state index contributed by atoms with van der Waals surface area (Å²) in [5.74, 6) is 0. The van der Waals surface area contributed by atoms with Gasteiger partial charge in [-0.1, -0.05) is 10.3 Å². The summed E-state index contributed by atoms with van der Waals surface area (Å²) in [4.78, 5) is 9.15. The Morgan fingerprint density at radius 1 is 0.938 bits per heavy atom. The molecule has 0 radical (unpaired) electrons. The van der Waals surface area contributed by atoms with Crippen molar-refractivity contribution in [2.24, 2.45) is 10.3 Å². The molecule has 0 aliphatic rings. The minimum atomic E-state index is 0.220. The lowest BCUT2D eigenvalue weighted by Crippen LogP contribution is -2.26. The summed E-state index contributed by atoms with van der Waals surface area (Å²) < 4.78 is 0. The van der Waals surface area contributed by atoms with Gasteiger partial charge in [0, 0.05) is 26.5 Å². The van der Waals surface area contributed by atoms with Gasteiger partial charge in [0.05, 0.1) is 0 Å². The topological polar surface area (TPSA) is 67.2 Å². The summed E-state index contributed by atoms with van der Waals surface area (Å²) in [6, 6.07) is 0. The van der Waals surface area contributed by atoms with Crippen molar-refractivity contribution < 1.29 is 9.68 Å². The molecule has 0 aliphatic heterocycles. The van der Waals surface area contributed by atoms with E-state index < -0.39 is 0 Å². The average molecular weight is 262 g/mol. The zero-order valence-electron chi connectivity index (χ0n) is 8.77. The molecule has 0 aromatic carbocycles. The summed E-state index contributed by atoms with van der Waals surface area (Å²) >= 11 is 9.53. The number of thiocarbonyl (C=S) groups is 2. The summed E-state index contributed by atoms with van der Waals surface area (Å²) in [5, 5.41) is 12.5. The van der Waals surface area contributed by atoms with Crippen LogP contribution in [0.25, 0.3) is 0 Å². The number of nitrogens with zero attached hydrogens (tertiary/aromatic N) is 2. The molecule has 90 valence electrons. The Hall–Kier alpha value is -1.28. The van der Waals surface area contributed by atoms with Crippen LogP contribution in [0.3, 0.4) is 0 Å². The van der Waals surface area contributed by atoms with E-state index in [9.17, 15) is 0 Å². The maximum absolute atomic E-state index is 4.76. The molecule has 0 saturated heterocycles. The minimum Gasteiger partial charge on any atom is -0.345 e. The highest BCUT2D eigenvalue weighted by atomic mass is 32.1. The molecule has 0 aromatic rings. The predicted octanol–water partition coefficient (Wildman–Crippen LogP) is 0.780. The molecule has 0 rings (SSSR count). The molecule has 0 amide bonds. The Balaban J connectivity index is 3.27. The summed E-state index contributed by atoms with van der Waals surface area (Å²) in [6.45, 7) is 7.68. The fourth-order valence-electron chi connectivity index (χ4n) is 0.813. The SMILES string of the molecule is C=NOC(=S)NCCCCNC(=S)ON=C. The summed E-state index contributed by atoms with van der Waals surface area (Å²) in [6.07, 6.45) is 1.80. The second-order valence-electron chi connectivity index (χ2n) is 2.58. The van der Waals surface area contributed by atoms with Crippen LogP contribution in [0.4, 0.5) is 0 Å². The molecule has 0 atom stereocenters. The van der Waals surface area contributed by atoms with Crippen LogP contribution < -0.4 is 10.6 Å². The lowest BCUT2D eigenvalue weighted by Gasteiger charge is -2.06. The summed E-state index contributed by atoms with van der Waals surface area (Å²) in [7, 11) is 0. The number of oxime groups is 2. The van der Waals surface area contributed by atoms with E-state index in [4.69, 9.17) is 24.4 Å². The standard InChI is InChI=1S/C8H14N4O2S2/c1-9-13-7(15)11-5-3-4-6-12-8(16)14-10-2/h1-6H2,(H,11,15)(H,12,16). The van der Waals surface area contributed by atoms with Gasteiger partial charge in [-0.2, -0.15) is 0 Å². The molecule has 2 N–H and O–H groups in total. The van der Waals surface area contributed by atoms with Gasteiger partial charge in [-0.15, -0.1) is 0 Å². The molecule has 0 fully saturated rings. The second-order valence-corrected chi connectivity index (χ2v) is 3.32. The first kappa shape index (κ1) is 14.7. The van der Waals surface area contributed by atoms with E-state index in [0.29, 0.717) is 13.1 Å². The highest BCUT2D eigenvalue weighted by molar-refractivity contribution is 7.80. The van der Waals surface area contributed by atoms with Crippen LogP contribution in [-0.4, -0.2) is 36.9 Å². The molecule has 6 nitrogen and oxygen atoms in total. The maximum Gasteiger partial charge on any atom is 0.289 e. The number of unbranched alkanes of at least 4 members (excludes halogenated alkanes) is 1. The van der Waals surface area contributed by atoms with Crippen molar-refractivity contribution in [3.63, 3.8) is 0 Å². The van der Waals surface area contributed by atoms with Crippen LogP contribution in [0.15, 0.2) is 10.3 Å². The highest BCUT2D eigenvalue weighted by Gasteiger charge is 1.96. The van der Waals surface area contributed by atoms with E-state index >= 15 is 0 Å². The first-order valence-electron chi connectivity index (χ1n) is 4.52. The Bertz CT molecular complexity index is 234. The smallest absolute Gasteiger partial charge is 0.289 e. The third-order valence-electron chi connectivity index (χ3n) is 1.44. The molecule has 0 aromatic heterocycles. The van der Waals surface area contributed by atoms with Crippen molar-refractivity contribution in [1.29, 1.82) is 0 Å². The Morgan fingerprint density at radius 2 is 1.31 bits per heavy atom. The van der Waals surface area contributed by atoms with Gasteiger partial charge in [0.15, 0.2) is 0 Å². The third kappa shape index (κ3) is 9.28. The molecule has 0 heterocycles. The fraction of sp³-hybridized carbons (Fsp3) is 0.500. The normalized spacial score (nSPS) is 8.75. The van der Waals surface area contributed by atoms with E-state index in [-0.39, 0.29) is 10.3 Å². The largest absolute Gasteiger partial charge is 0.345 e. The van der Waals surface area contributed by atoms with Gasteiger partial charge >= 0.3 is 0 Å². The van der Waals surface area contributed by atoms with Gasteiger partial charge in [0.25, 0.3) is 10.3 Å². The van der Waals surface area contributed by atoms with Gasteiger partial charge < -0.3 is 20.3 Å². The molecule has 0 spiro atoms. The lowest BCUT2D eigenvalue weighted by molar-refractivity contribution is 0.322. The zero-order valence-corrected chi connectivity index (χ0v) is 10.4. The van der Waals surface area contributed by atoms with E-state index in [1.165, 1.54) is 0 Å². The second kappa shape index (κ2) is 10.2. The first-order valence-corrected chi connectivity index (χ1v) is 5.34. The van der Waals surface area contributed by atoms with Gasteiger partial charge in [-0.25, -0.2) is 0 Å². The van der Waals surface area contributed by atoms with Crippen molar-refractivity contribution in [3.05, 3.63) is 0 Å². The number of hydrogen-bond acceptors (Lipinski definition) is 6. The van der Waals surface area contributed by atoms with E-state index in [0.717, 1.165) is 12.8 Å². The van der Waals surface area contributed by atoms with Crippen LogP contribution in [0.1, 0.15) is 12.8 Å². The van der Waals surface area contributed by atoms with Crippen LogP contribution >= 0.6 is 24.4 Å². The molecule has 0 saturated carbocycles. The minimum absolute atomic E-state index is 0.220. The van der Waals surface area contributed by atoms with E-state index in [2.05, 4.69) is 44.1 Å². The Morgan fingerprint density at radius 3 is 1.62 bits per heavy atom. The molecular formula is C8H14N4O2S2. The molecule has 16 heavy (non-hydrogen) atoms. The zero-order chi connectivity index (χ0) is 12.2. The highest BCUT2D eigenvalue weighted by Crippen LogP contribution is 1.87. The summed E-state index contributed by atoms with van der Waals surface area (Å²) in [5.41, 5.74) is 0. The van der Waals surface area contributed by atoms with E-state index in [1.807, 2.05) is 0 Å². The Labute approximate surface area is 105 Å². The predicted molar refractivity (Wildman–Crippen MR) is 71.7 cm³/mol. The molecule has 0 unspecified atom stereocenters. The van der Waals surface area contributed by atoms with Crippen LogP contribution in [0.5, 0.6) is 0 Å². The van der Waals surface area contributed by atoms with Crippen LogP contribution in [-0.2, 0) is 9.68 Å². The molecule has 0 aliphatic carbocycles. The number of nitrogens with one attached hydrogen (secondary N) is 2. The van der Waals surface area contributed by atoms with Crippen molar-refractivity contribution >= 4 is 48.2 Å². The maximum atomic E-state index is 4.76. The first-order chi connectivity index (χ1) is 7.70. The number of hydrogen-bond donors (Lipinski definition) is 2. The third-order valence-corrected chi connectivity index (χ3v) is 1.87. The van der Waals surface area contributed by atoms with Crippen LogP contribution in [0.2, 0.25) is 0 Å². The van der Waals surface area contributed by atoms with Crippen molar-refractivity contribution in [3.8, 4) is 0 Å².